The van der Waals surface area contributed by atoms with Crippen LogP contribution in [0.2, 0.25) is 0 Å². The van der Waals surface area contributed by atoms with Gasteiger partial charge in [-0.15, -0.1) is 0 Å². The Morgan fingerprint density at radius 1 is 1.67 bits per heavy atom. The lowest BCUT2D eigenvalue weighted by Gasteiger charge is -2.17. The summed E-state index contributed by atoms with van der Waals surface area (Å²) in [5.74, 6) is 0.690. The third-order valence-corrected chi connectivity index (χ3v) is 2.48. The number of allylic oxidation sites excluding steroid dienone is 2. The molecule has 0 saturated heterocycles. The Bertz CT molecular complexity index is 191. The molecule has 0 amide bonds. The van der Waals surface area contributed by atoms with Crippen molar-refractivity contribution < 1.29 is 4.79 Å². The molecule has 1 unspecified atom stereocenters. The second-order valence-corrected chi connectivity index (χ2v) is 3.73. The Balaban J connectivity index is 2.51. The maximum absolute atomic E-state index is 11.5. The van der Waals surface area contributed by atoms with Crippen molar-refractivity contribution >= 4 is 5.78 Å². The summed E-state index contributed by atoms with van der Waals surface area (Å²) in [7, 11) is 0. The van der Waals surface area contributed by atoms with E-state index < -0.39 is 0 Å². The molecular formula is C11H18O. The maximum atomic E-state index is 11.5. The highest BCUT2D eigenvalue weighted by Crippen LogP contribution is 2.24. The lowest BCUT2D eigenvalue weighted by atomic mass is 9.87. The van der Waals surface area contributed by atoms with Crippen LogP contribution < -0.4 is 0 Å². The van der Waals surface area contributed by atoms with Gasteiger partial charge in [-0.2, -0.15) is 0 Å². The molecule has 0 radical (unpaired) electrons. The number of Topliss-reactive ketones (excluding diaryl/α,β-unsaturated/α-hetero) is 1. The highest BCUT2D eigenvalue weighted by Gasteiger charge is 2.17. The second-order valence-electron chi connectivity index (χ2n) is 3.73. The van der Waals surface area contributed by atoms with Gasteiger partial charge in [-0.1, -0.05) is 18.6 Å². The second kappa shape index (κ2) is 4.44. The molecule has 0 aromatic heterocycles. The van der Waals surface area contributed by atoms with Crippen LogP contribution in [0.1, 0.15) is 46.0 Å². The summed E-state index contributed by atoms with van der Waals surface area (Å²) in [6, 6.07) is 0. The van der Waals surface area contributed by atoms with E-state index in [4.69, 9.17) is 0 Å². The van der Waals surface area contributed by atoms with Crippen LogP contribution in [0.4, 0.5) is 0 Å². The van der Waals surface area contributed by atoms with Crippen LogP contribution in [0.15, 0.2) is 11.6 Å². The Morgan fingerprint density at radius 2 is 2.42 bits per heavy atom. The van der Waals surface area contributed by atoms with Crippen LogP contribution in [0, 0.1) is 5.92 Å². The van der Waals surface area contributed by atoms with Gasteiger partial charge in [0.15, 0.2) is 0 Å². The van der Waals surface area contributed by atoms with Crippen LogP contribution in [-0.4, -0.2) is 5.78 Å². The van der Waals surface area contributed by atoms with E-state index in [2.05, 4.69) is 19.9 Å². The molecule has 0 aliphatic heterocycles. The number of hydrogen-bond acceptors (Lipinski definition) is 1. The predicted molar refractivity (Wildman–Crippen MR) is 51.0 cm³/mol. The third-order valence-electron chi connectivity index (χ3n) is 2.48. The zero-order valence-corrected chi connectivity index (χ0v) is 8.10. The summed E-state index contributed by atoms with van der Waals surface area (Å²) in [5, 5.41) is 0. The number of carbonyl (C=O) groups is 1. The largest absolute Gasteiger partial charge is 0.299 e. The molecule has 0 fully saturated rings. The van der Waals surface area contributed by atoms with Crippen LogP contribution >= 0.6 is 0 Å². The molecular weight excluding hydrogens is 148 g/mol. The molecule has 12 heavy (non-hydrogen) atoms. The van der Waals surface area contributed by atoms with Crippen molar-refractivity contribution in [3.05, 3.63) is 11.6 Å². The topological polar surface area (TPSA) is 17.1 Å². The normalized spacial score (nSPS) is 23.5. The van der Waals surface area contributed by atoms with E-state index in [1.807, 2.05) is 0 Å². The van der Waals surface area contributed by atoms with Gasteiger partial charge in [0.2, 0.25) is 0 Å². The van der Waals surface area contributed by atoms with Gasteiger partial charge < -0.3 is 0 Å². The van der Waals surface area contributed by atoms with Gasteiger partial charge in [-0.25, -0.2) is 0 Å². The Labute approximate surface area is 74.9 Å². The Hall–Kier alpha value is -0.590. The maximum Gasteiger partial charge on any atom is 0.139 e. The van der Waals surface area contributed by atoms with Crippen molar-refractivity contribution in [1.29, 1.82) is 0 Å². The molecule has 0 heterocycles. The Kier molecular flexibility index (Phi) is 3.51. The lowest BCUT2D eigenvalue weighted by Crippen LogP contribution is -2.14. The first-order valence-corrected chi connectivity index (χ1v) is 4.94. The van der Waals surface area contributed by atoms with E-state index >= 15 is 0 Å². The van der Waals surface area contributed by atoms with E-state index in [0.717, 1.165) is 19.3 Å². The van der Waals surface area contributed by atoms with E-state index in [9.17, 15) is 4.79 Å². The number of carbonyl (C=O) groups excluding carboxylic acids is 1. The molecule has 1 aliphatic rings. The first-order chi connectivity index (χ1) is 5.74. The number of ketones is 1. The van der Waals surface area contributed by atoms with Crippen molar-refractivity contribution in [3.63, 3.8) is 0 Å². The van der Waals surface area contributed by atoms with Gasteiger partial charge >= 0.3 is 0 Å². The van der Waals surface area contributed by atoms with Gasteiger partial charge in [0.1, 0.15) is 5.78 Å². The van der Waals surface area contributed by atoms with Crippen molar-refractivity contribution in [2.24, 2.45) is 5.92 Å². The first kappa shape index (κ1) is 9.50. The van der Waals surface area contributed by atoms with Gasteiger partial charge in [0, 0.05) is 12.3 Å². The molecule has 0 aromatic rings. The summed E-state index contributed by atoms with van der Waals surface area (Å²) < 4.78 is 0. The highest BCUT2D eigenvalue weighted by molar-refractivity contribution is 5.82. The first-order valence-electron chi connectivity index (χ1n) is 4.94. The smallest absolute Gasteiger partial charge is 0.139 e. The van der Waals surface area contributed by atoms with Crippen molar-refractivity contribution in [2.75, 3.05) is 0 Å². The van der Waals surface area contributed by atoms with Crippen LogP contribution in [-0.2, 0) is 4.79 Å². The average molecular weight is 166 g/mol. The fourth-order valence-electron chi connectivity index (χ4n) is 1.80. The van der Waals surface area contributed by atoms with E-state index in [0.29, 0.717) is 5.78 Å². The number of rotatable bonds is 3. The van der Waals surface area contributed by atoms with Gasteiger partial charge in [0.25, 0.3) is 0 Å². The molecule has 0 bridgehead atoms. The predicted octanol–water partition coefficient (Wildman–Crippen LogP) is 3.10. The van der Waals surface area contributed by atoms with Crippen molar-refractivity contribution in [2.45, 2.75) is 46.0 Å². The molecule has 0 aromatic carbocycles. The molecule has 1 aliphatic carbocycles. The monoisotopic (exact) mass is 166 g/mol. The van der Waals surface area contributed by atoms with E-state index in [1.165, 1.54) is 18.4 Å². The fourth-order valence-corrected chi connectivity index (χ4v) is 1.80. The van der Waals surface area contributed by atoms with Crippen LogP contribution in [0.5, 0.6) is 0 Å². The quantitative estimate of drug-likeness (QED) is 0.589. The zero-order chi connectivity index (χ0) is 8.97. The molecule has 0 N–H and O–H groups in total. The molecule has 1 atom stereocenters. The lowest BCUT2D eigenvalue weighted by molar-refractivity contribution is -0.121. The van der Waals surface area contributed by atoms with Crippen LogP contribution in [0.3, 0.4) is 0 Å². The van der Waals surface area contributed by atoms with Crippen molar-refractivity contribution in [1.82, 2.24) is 0 Å². The summed E-state index contributed by atoms with van der Waals surface area (Å²) in [6.45, 7) is 4.20. The summed E-state index contributed by atoms with van der Waals surface area (Å²) in [6.07, 6.45) is 7.38. The standard InChI is InChI=1S/C11H18O/c1-3-5-11(12)10-7-4-6-9(2)8-10/h8,10H,3-7H2,1-2H3. The van der Waals surface area contributed by atoms with Gasteiger partial charge in [0.05, 0.1) is 0 Å². The molecule has 1 rings (SSSR count). The summed E-state index contributed by atoms with van der Waals surface area (Å²) >= 11 is 0. The van der Waals surface area contributed by atoms with Crippen molar-refractivity contribution in [3.8, 4) is 0 Å². The number of hydrogen-bond donors (Lipinski definition) is 0. The van der Waals surface area contributed by atoms with Crippen LogP contribution in [0.25, 0.3) is 0 Å². The fraction of sp³-hybridized carbons (Fsp3) is 0.727. The average Bonchev–Trinajstić information content (AvgIpc) is 2.05. The van der Waals surface area contributed by atoms with Gasteiger partial charge in [-0.05, 0) is 32.6 Å². The zero-order valence-electron chi connectivity index (χ0n) is 8.10. The minimum atomic E-state index is 0.249. The molecule has 68 valence electrons. The van der Waals surface area contributed by atoms with E-state index in [1.54, 1.807) is 0 Å². The summed E-state index contributed by atoms with van der Waals surface area (Å²) in [5.41, 5.74) is 1.40. The minimum Gasteiger partial charge on any atom is -0.299 e. The van der Waals surface area contributed by atoms with Gasteiger partial charge in [-0.3, -0.25) is 4.79 Å². The molecule has 0 spiro atoms. The third kappa shape index (κ3) is 2.47. The van der Waals surface area contributed by atoms with E-state index in [-0.39, 0.29) is 5.92 Å². The summed E-state index contributed by atoms with van der Waals surface area (Å²) in [4.78, 5) is 11.5. The SMILES string of the molecule is CCCC(=O)C1C=C(C)CCC1. The molecule has 1 heteroatoms. The highest BCUT2D eigenvalue weighted by atomic mass is 16.1. The Morgan fingerprint density at radius 3 is 3.00 bits per heavy atom. The molecule has 0 saturated carbocycles. The molecule has 1 nitrogen and oxygen atoms in total. The minimum absolute atomic E-state index is 0.249.